The lowest BCUT2D eigenvalue weighted by Gasteiger charge is -2.11. The zero-order valence-electron chi connectivity index (χ0n) is 13.9. The van der Waals surface area contributed by atoms with Crippen molar-refractivity contribution in [2.75, 3.05) is 10.0 Å². The number of pyridine rings is 1. The molecule has 0 radical (unpaired) electrons. The Labute approximate surface area is 177 Å². The largest absolute Gasteiger partial charge is 0.322 e. The van der Waals surface area contributed by atoms with Crippen LogP contribution in [-0.2, 0) is 11.0 Å². The van der Waals surface area contributed by atoms with Crippen molar-refractivity contribution < 1.29 is 13.4 Å². The molecule has 3 rings (SSSR count). The Kier molecular flexibility index (Phi) is 6.51. The second-order valence-electron chi connectivity index (χ2n) is 5.46. The molecule has 0 aliphatic rings. The van der Waals surface area contributed by atoms with Gasteiger partial charge < -0.3 is 10.0 Å². The first-order chi connectivity index (χ1) is 13.3. The first-order valence-electron chi connectivity index (χ1n) is 7.69. The van der Waals surface area contributed by atoms with Crippen LogP contribution in [0.15, 0.2) is 59.8 Å². The van der Waals surface area contributed by atoms with Crippen LogP contribution in [0.25, 0.3) is 0 Å². The molecular formula is C18H11Cl3FN3O2S. The number of nitrogens with one attached hydrogen (secondary N) is 2. The van der Waals surface area contributed by atoms with Gasteiger partial charge in [-0.05, 0) is 42.5 Å². The Hall–Kier alpha value is -2.19. The average molecular weight is 459 g/mol. The van der Waals surface area contributed by atoms with Gasteiger partial charge in [-0.15, -0.1) is 0 Å². The molecule has 144 valence electrons. The number of hydrogen-bond donors (Lipinski definition) is 2. The number of amides is 1. The lowest BCUT2D eigenvalue weighted by Crippen LogP contribution is -2.14. The van der Waals surface area contributed by atoms with Crippen LogP contribution in [0.1, 0.15) is 10.4 Å². The van der Waals surface area contributed by atoms with Crippen molar-refractivity contribution in [1.82, 2.24) is 4.98 Å². The Morgan fingerprint density at radius 1 is 0.964 bits per heavy atom. The zero-order chi connectivity index (χ0) is 20.3. The fraction of sp³-hybridized carbons (Fsp3) is 0. The third-order valence-corrected chi connectivity index (χ3v) is 5.48. The van der Waals surface area contributed by atoms with Crippen LogP contribution < -0.4 is 10.0 Å². The third kappa shape index (κ3) is 4.80. The van der Waals surface area contributed by atoms with Crippen LogP contribution in [0, 0.1) is 5.82 Å². The molecule has 10 heteroatoms. The molecule has 0 spiro atoms. The number of carbonyl (C=O) groups excluding carboxylic acids is 1. The summed E-state index contributed by atoms with van der Waals surface area (Å²) in [5.74, 6) is -1.30. The molecule has 5 nitrogen and oxygen atoms in total. The van der Waals surface area contributed by atoms with Crippen LogP contribution in [0.3, 0.4) is 0 Å². The van der Waals surface area contributed by atoms with Crippen LogP contribution in [0.5, 0.6) is 0 Å². The van der Waals surface area contributed by atoms with Crippen molar-refractivity contribution in [2.45, 2.75) is 4.90 Å². The summed E-state index contributed by atoms with van der Waals surface area (Å²) in [6, 6.07) is 10.1. The van der Waals surface area contributed by atoms with E-state index in [0.29, 0.717) is 10.7 Å². The van der Waals surface area contributed by atoms with Crippen molar-refractivity contribution in [3.05, 3.63) is 81.3 Å². The Morgan fingerprint density at radius 3 is 2.21 bits per heavy atom. The van der Waals surface area contributed by atoms with Gasteiger partial charge in [0.15, 0.2) is 11.0 Å². The lowest BCUT2D eigenvalue weighted by atomic mass is 10.2. The van der Waals surface area contributed by atoms with Gasteiger partial charge in [0.25, 0.3) is 5.91 Å². The average Bonchev–Trinajstić information content (AvgIpc) is 2.65. The van der Waals surface area contributed by atoms with Crippen molar-refractivity contribution >= 4 is 63.1 Å². The molecule has 0 saturated heterocycles. The zero-order valence-corrected chi connectivity index (χ0v) is 17.0. The number of rotatable bonds is 5. The predicted octanol–water partition coefficient (Wildman–Crippen LogP) is 5.57. The van der Waals surface area contributed by atoms with E-state index in [4.69, 9.17) is 34.8 Å². The normalized spacial score (nSPS) is 11.7. The molecule has 1 unspecified atom stereocenters. The van der Waals surface area contributed by atoms with Gasteiger partial charge >= 0.3 is 0 Å². The Balaban J connectivity index is 1.82. The molecule has 0 aliphatic carbocycles. The van der Waals surface area contributed by atoms with Crippen molar-refractivity contribution in [3.8, 4) is 0 Å². The summed E-state index contributed by atoms with van der Waals surface area (Å²) in [5.41, 5.74) is 0.744. The SMILES string of the molecule is O=C(Nc1ccc(F)c(S(=O)Nc2ccc(Cl)cc2)c1)c1c(Cl)cncc1Cl. The highest BCUT2D eigenvalue weighted by Gasteiger charge is 2.17. The molecule has 28 heavy (non-hydrogen) atoms. The minimum Gasteiger partial charge on any atom is -0.322 e. The molecule has 3 aromatic rings. The summed E-state index contributed by atoms with van der Waals surface area (Å²) in [6.45, 7) is 0. The fourth-order valence-electron chi connectivity index (χ4n) is 2.22. The van der Waals surface area contributed by atoms with E-state index in [1.807, 2.05) is 0 Å². The van der Waals surface area contributed by atoms with Crippen molar-refractivity contribution in [1.29, 1.82) is 0 Å². The van der Waals surface area contributed by atoms with E-state index in [2.05, 4.69) is 15.0 Å². The van der Waals surface area contributed by atoms with Gasteiger partial charge in [-0.1, -0.05) is 34.8 Å². The van der Waals surface area contributed by atoms with Crippen LogP contribution in [-0.4, -0.2) is 15.1 Å². The van der Waals surface area contributed by atoms with E-state index in [1.165, 1.54) is 24.5 Å². The highest BCUT2D eigenvalue weighted by atomic mass is 35.5. The number of halogens is 4. The van der Waals surface area contributed by atoms with Gasteiger partial charge in [0, 0.05) is 28.8 Å². The molecule has 1 heterocycles. The fourth-order valence-corrected chi connectivity index (χ4v) is 3.83. The summed E-state index contributed by atoms with van der Waals surface area (Å²) >= 11 is 17.7. The molecule has 0 saturated carbocycles. The molecule has 1 aromatic heterocycles. The van der Waals surface area contributed by atoms with Gasteiger partial charge in [0.1, 0.15) is 5.82 Å². The minimum atomic E-state index is -1.91. The van der Waals surface area contributed by atoms with E-state index >= 15 is 0 Å². The minimum absolute atomic E-state index is 0.0321. The van der Waals surface area contributed by atoms with E-state index in [9.17, 15) is 13.4 Å². The molecule has 2 N–H and O–H groups in total. The molecule has 1 amide bonds. The van der Waals surface area contributed by atoms with E-state index in [1.54, 1.807) is 24.3 Å². The summed E-state index contributed by atoms with van der Waals surface area (Å²) < 4.78 is 29.3. The quantitative estimate of drug-likeness (QED) is 0.525. The summed E-state index contributed by atoms with van der Waals surface area (Å²) in [6.07, 6.45) is 2.56. The predicted molar refractivity (Wildman–Crippen MR) is 110 cm³/mol. The molecule has 0 aliphatic heterocycles. The molecular weight excluding hydrogens is 448 g/mol. The van der Waals surface area contributed by atoms with Gasteiger partial charge in [0.05, 0.1) is 20.5 Å². The van der Waals surface area contributed by atoms with Gasteiger partial charge in [-0.25, -0.2) is 8.60 Å². The number of nitrogens with zero attached hydrogens (tertiary/aromatic N) is 1. The Bertz CT molecular complexity index is 1040. The van der Waals surface area contributed by atoms with Crippen LogP contribution in [0.4, 0.5) is 15.8 Å². The molecule has 0 bridgehead atoms. The van der Waals surface area contributed by atoms with E-state index in [0.717, 1.165) is 6.07 Å². The number of aromatic nitrogens is 1. The highest BCUT2D eigenvalue weighted by Crippen LogP contribution is 2.25. The third-order valence-electron chi connectivity index (χ3n) is 3.52. The first kappa shape index (κ1) is 20.5. The first-order valence-corrected chi connectivity index (χ1v) is 9.97. The van der Waals surface area contributed by atoms with Crippen LogP contribution in [0.2, 0.25) is 15.1 Å². The Morgan fingerprint density at radius 2 is 1.57 bits per heavy atom. The highest BCUT2D eigenvalue weighted by molar-refractivity contribution is 7.86. The second kappa shape index (κ2) is 8.87. The smallest absolute Gasteiger partial charge is 0.258 e. The lowest BCUT2D eigenvalue weighted by molar-refractivity contribution is 0.102. The van der Waals surface area contributed by atoms with Gasteiger partial charge in [-0.2, -0.15) is 0 Å². The maximum absolute atomic E-state index is 14.2. The topological polar surface area (TPSA) is 71.1 Å². The maximum atomic E-state index is 14.2. The maximum Gasteiger partial charge on any atom is 0.258 e. The molecule has 2 aromatic carbocycles. The number of anilines is 2. The van der Waals surface area contributed by atoms with Crippen LogP contribution >= 0.6 is 34.8 Å². The summed E-state index contributed by atoms with van der Waals surface area (Å²) in [5, 5.41) is 3.21. The molecule has 1 atom stereocenters. The number of hydrogen-bond acceptors (Lipinski definition) is 3. The van der Waals surface area contributed by atoms with Gasteiger partial charge in [-0.3, -0.25) is 9.78 Å². The van der Waals surface area contributed by atoms with Crippen molar-refractivity contribution in [2.24, 2.45) is 0 Å². The standard InChI is InChI=1S/C18H11Cl3FN3O2S/c19-10-1-3-11(4-2-10)25-28(27)16-7-12(5-6-15(16)22)24-18(26)17-13(20)8-23-9-14(17)21/h1-9,25H,(H,24,26). The monoisotopic (exact) mass is 457 g/mol. The summed E-state index contributed by atoms with van der Waals surface area (Å²) in [4.78, 5) is 16.1. The number of benzene rings is 2. The van der Waals surface area contributed by atoms with Gasteiger partial charge in [0.2, 0.25) is 0 Å². The molecule has 0 fully saturated rings. The number of carbonyl (C=O) groups is 1. The summed E-state index contributed by atoms with van der Waals surface area (Å²) in [7, 11) is -1.91. The van der Waals surface area contributed by atoms with E-state index in [-0.39, 0.29) is 26.2 Å². The second-order valence-corrected chi connectivity index (χ2v) is 7.89. The van der Waals surface area contributed by atoms with E-state index < -0.39 is 22.7 Å². The van der Waals surface area contributed by atoms with Crippen molar-refractivity contribution in [3.63, 3.8) is 0 Å².